The predicted molar refractivity (Wildman–Crippen MR) is 135 cm³/mol. The molecule has 34 heavy (non-hydrogen) atoms. The molecular formula is C26H41N3O5. The number of aliphatic hydroxyl groups excluding tert-OH is 1. The molecule has 0 spiro atoms. The molecule has 190 valence electrons. The van der Waals surface area contributed by atoms with Crippen LogP contribution in [-0.4, -0.2) is 58.9 Å². The number of rotatable bonds is 14. The fourth-order valence-electron chi connectivity index (χ4n) is 2.90. The summed E-state index contributed by atoms with van der Waals surface area (Å²) in [6, 6.07) is 0. The van der Waals surface area contributed by atoms with E-state index in [0.29, 0.717) is 18.8 Å². The van der Waals surface area contributed by atoms with Crippen molar-refractivity contribution in [3.8, 4) is 0 Å². The summed E-state index contributed by atoms with van der Waals surface area (Å²) in [6.45, 7) is 16.0. The van der Waals surface area contributed by atoms with Gasteiger partial charge in [0.1, 0.15) is 0 Å². The van der Waals surface area contributed by atoms with Crippen LogP contribution in [0.25, 0.3) is 0 Å². The second kappa shape index (κ2) is 16.6. The number of aliphatic hydroxyl groups is 1. The lowest BCUT2D eigenvalue weighted by atomic mass is 10.0. The third-order valence-electron chi connectivity index (χ3n) is 4.96. The molecule has 3 N–H and O–H groups in total. The molecule has 4 amide bonds. The smallest absolute Gasteiger partial charge is 0.253 e. The zero-order valence-electron chi connectivity index (χ0n) is 21.1. The minimum absolute atomic E-state index is 0.0136. The number of carbonyl (C=O) groups excluding carboxylic acids is 4. The van der Waals surface area contributed by atoms with Crippen LogP contribution in [0.5, 0.6) is 0 Å². The minimum atomic E-state index is -0.497. The molecule has 0 bridgehead atoms. The SMILES string of the molecule is C=C/C=C(\C=C)CCC(=O)NCCC(C)C.CC(C)(CCO)NC(=O)CCN1C(=O)C=CC1=O. The van der Waals surface area contributed by atoms with Crippen molar-refractivity contribution in [1.82, 2.24) is 15.5 Å². The summed E-state index contributed by atoms with van der Waals surface area (Å²) >= 11 is 0. The van der Waals surface area contributed by atoms with Gasteiger partial charge in [0.25, 0.3) is 11.8 Å². The topological polar surface area (TPSA) is 116 Å². The first-order chi connectivity index (χ1) is 15.9. The maximum Gasteiger partial charge on any atom is 0.253 e. The number of allylic oxidation sites excluding steroid dienone is 4. The Morgan fingerprint density at radius 1 is 1.09 bits per heavy atom. The molecule has 1 rings (SSSR count). The van der Waals surface area contributed by atoms with Crippen molar-refractivity contribution < 1.29 is 24.3 Å². The van der Waals surface area contributed by atoms with E-state index in [9.17, 15) is 19.2 Å². The van der Waals surface area contributed by atoms with E-state index in [1.54, 1.807) is 26.0 Å². The lowest BCUT2D eigenvalue weighted by molar-refractivity contribution is -0.137. The predicted octanol–water partition coefficient (Wildman–Crippen LogP) is 2.81. The number of carbonyl (C=O) groups is 4. The van der Waals surface area contributed by atoms with Crippen molar-refractivity contribution in [1.29, 1.82) is 0 Å². The van der Waals surface area contributed by atoms with Crippen molar-refractivity contribution in [2.75, 3.05) is 19.7 Å². The molecule has 0 saturated heterocycles. The van der Waals surface area contributed by atoms with Crippen LogP contribution in [0.4, 0.5) is 0 Å². The summed E-state index contributed by atoms with van der Waals surface area (Å²) < 4.78 is 0. The van der Waals surface area contributed by atoms with E-state index in [2.05, 4.69) is 37.6 Å². The van der Waals surface area contributed by atoms with Crippen LogP contribution in [0.15, 0.2) is 49.1 Å². The summed E-state index contributed by atoms with van der Waals surface area (Å²) in [6.07, 6.45) is 10.5. The first-order valence-electron chi connectivity index (χ1n) is 11.6. The van der Waals surface area contributed by atoms with Crippen LogP contribution in [0, 0.1) is 5.92 Å². The Kier molecular flexibility index (Phi) is 15.1. The highest BCUT2D eigenvalue weighted by Crippen LogP contribution is 2.09. The monoisotopic (exact) mass is 475 g/mol. The quantitative estimate of drug-likeness (QED) is 0.264. The Balaban J connectivity index is 0.000000646. The maximum absolute atomic E-state index is 11.6. The van der Waals surface area contributed by atoms with Crippen molar-refractivity contribution in [2.45, 2.75) is 65.3 Å². The van der Waals surface area contributed by atoms with Crippen molar-refractivity contribution in [3.05, 3.63) is 49.1 Å². The van der Waals surface area contributed by atoms with Crippen LogP contribution in [0.3, 0.4) is 0 Å². The van der Waals surface area contributed by atoms with Gasteiger partial charge in [-0.3, -0.25) is 24.1 Å². The molecule has 0 fully saturated rings. The van der Waals surface area contributed by atoms with Gasteiger partial charge in [0.2, 0.25) is 11.8 Å². The first-order valence-corrected chi connectivity index (χ1v) is 11.6. The van der Waals surface area contributed by atoms with Gasteiger partial charge < -0.3 is 15.7 Å². The van der Waals surface area contributed by atoms with Crippen LogP contribution in [-0.2, 0) is 19.2 Å². The van der Waals surface area contributed by atoms with E-state index < -0.39 is 5.54 Å². The highest BCUT2D eigenvalue weighted by Gasteiger charge is 2.25. The molecule has 1 heterocycles. The Morgan fingerprint density at radius 2 is 1.71 bits per heavy atom. The molecule has 8 heteroatoms. The number of imide groups is 1. The third kappa shape index (κ3) is 14.2. The average molecular weight is 476 g/mol. The molecule has 0 aromatic heterocycles. The van der Waals surface area contributed by atoms with Crippen LogP contribution >= 0.6 is 0 Å². The second-order valence-corrected chi connectivity index (χ2v) is 9.03. The Morgan fingerprint density at radius 3 is 2.21 bits per heavy atom. The molecule has 0 aromatic carbocycles. The van der Waals surface area contributed by atoms with Gasteiger partial charge >= 0.3 is 0 Å². The maximum atomic E-state index is 11.6. The van der Waals surface area contributed by atoms with Crippen molar-refractivity contribution >= 4 is 23.6 Å². The van der Waals surface area contributed by atoms with Gasteiger partial charge in [0.15, 0.2) is 0 Å². The molecule has 0 atom stereocenters. The van der Waals surface area contributed by atoms with Gasteiger partial charge in [-0.15, -0.1) is 0 Å². The fourth-order valence-corrected chi connectivity index (χ4v) is 2.90. The molecule has 1 aliphatic heterocycles. The standard InChI is InChI=1S/C14H23NO.C12H18N2O4/c1-5-7-13(6-2)8-9-14(16)15-11-10-12(3)4;1-12(2,6-8-15)13-9(16)5-7-14-10(17)3-4-11(14)18/h5-7,12H,1-2,8-11H2,3-4H3,(H,15,16);3-4,15H,5-8H2,1-2H3,(H,13,16)/b13-7+;. The Labute approximate surface area is 203 Å². The molecule has 0 aromatic rings. The minimum Gasteiger partial charge on any atom is -0.396 e. The normalized spacial score (nSPS) is 13.5. The zero-order valence-corrected chi connectivity index (χ0v) is 21.1. The summed E-state index contributed by atoms with van der Waals surface area (Å²) in [7, 11) is 0. The summed E-state index contributed by atoms with van der Waals surface area (Å²) in [5.74, 6) is -0.284. The van der Waals surface area contributed by atoms with Gasteiger partial charge in [-0.05, 0) is 44.6 Å². The van der Waals surface area contributed by atoms with E-state index in [1.807, 2.05) is 6.08 Å². The Bertz CT molecular complexity index is 763. The van der Waals surface area contributed by atoms with Gasteiger partial charge in [-0.1, -0.05) is 45.2 Å². The van der Waals surface area contributed by atoms with Gasteiger partial charge in [0, 0.05) is 50.2 Å². The van der Waals surface area contributed by atoms with Gasteiger partial charge in [0.05, 0.1) is 0 Å². The number of hydrogen-bond donors (Lipinski definition) is 3. The second-order valence-electron chi connectivity index (χ2n) is 9.03. The fraction of sp³-hybridized carbons (Fsp3) is 0.538. The number of nitrogens with zero attached hydrogens (tertiary/aromatic N) is 1. The van der Waals surface area contributed by atoms with Crippen LogP contribution < -0.4 is 10.6 Å². The highest BCUT2D eigenvalue weighted by molar-refractivity contribution is 6.13. The molecule has 0 radical (unpaired) electrons. The summed E-state index contributed by atoms with van der Waals surface area (Å²) in [4.78, 5) is 46.6. The van der Waals surface area contributed by atoms with Gasteiger partial charge in [-0.25, -0.2) is 0 Å². The molecule has 0 unspecified atom stereocenters. The summed E-state index contributed by atoms with van der Waals surface area (Å²) in [5, 5.41) is 14.5. The molecular weight excluding hydrogens is 434 g/mol. The molecule has 0 saturated carbocycles. The van der Waals surface area contributed by atoms with E-state index >= 15 is 0 Å². The third-order valence-corrected chi connectivity index (χ3v) is 4.96. The molecule has 1 aliphatic rings. The van der Waals surface area contributed by atoms with E-state index in [-0.39, 0.29) is 43.2 Å². The number of hydrogen-bond acceptors (Lipinski definition) is 5. The zero-order chi connectivity index (χ0) is 26.1. The number of amides is 4. The lowest BCUT2D eigenvalue weighted by Gasteiger charge is -2.25. The van der Waals surface area contributed by atoms with Gasteiger partial charge in [-0.2, -0.15) is 0 Å². The van der Waals surface area contributed by atoms with Crippen LogP contribution in [0.2, 0.25) is 0 Å². The lowest BCUT2D eigenvalue weighted by Crippen LogP contribution is -2.45. The summed E-state index contributed by atoms with van der Waals surface area (Å²) in [5.41, 5.74) is 0.553. The highest BCUT2D eigenvalue weighted by atomic mass is 16.3. The molecule has 0 aliphatic carbocycles. The number of nitrogens with one attached hydrogen (secondary N) is 2. The first kappa shape index (κ1) is 31.0. The van der Waals surface area contributed by atoms with E-state index in [4.69, 9.17) is 5.11 Å². The van der Waals surface area contributed by atoms with E-state index in [1.165, 1.54) is 12.2 Å². The Hall–Kier alpha value is -3.00. The van der Waals surface area contributed by atoms with E-state index in [0.717, 1.165) is 29.9 Å². The van der Waals surface area contributed by atoms with Crippen LogP contribution in [0.1, 0.15) is 59.8 Å². The average Bonchev–Trinajstić information content (AvgIpc) is 3.06. The largest absolute Gasteiger partial charge is 0.396 e. The van der Waals surface area contributed by atoms with Crippen molar-refractivity contribution in [3.63, 3.8) is 0 Å². The molecule has 8 nitrogen and oxygen atoms in total. The van der Waals surface area contributed by atoms with Crippen molar-refractivity contribution in [2.24, 2.45) is 5.92 Å².